The van der Waals surface area contributed by atoms with Gasteiger partial charge >= 0.3 is 0 Å². The number of hydrogen-bond acceptors (Lipinski definition) is 3. The van der Waals surface area contributed by atoms with Crippen LogP contribution in [0.4, 0.5) is 0 Å². The Morgan fingerprint density at radius 1 is 1.24 bits per heavy atom. The number of benzene rings is 1. The highest BCUT2D eigenvalue weighted by Crippen LogP contribution is 2.31. The van der Waals surface area contributed by atoms with Crippen LogP contribution in [0.5, 0.6) is 0 Å². The molecule has 1 aromatic carbocycles. The fourth-order valence-corrected chi connectivity index (χ4v) is 1.93. The Balaban J connectivity index is 3.19. The highest BCUT2D eigenvalue weighted by atomic mass is 35.5. The SMILES string of the molecule is CN(C)C(C#N)(CCC#N)c1ccc(Cl)cc1. The van der Waals surface area contributed by atoms with Crippen LogP contribution in [0.25, 0.3) is 0 Å². The van der Waals surface area contributed by atoms with Gasteiger partial charge in [0.1, 0.15) is 5.54 Å². The molecule has 0 aliphatic heterocycles. The summed E-state index contributed by atoms with van der Waals surface area (Å²) in [5.74, 6) is 0. The first-order valence-corrected chi connectivity index (χ1v) is 5.66. The van der Waals surface area contributed by atoms with Crippen molar-refractivity contribution in [1.82, 2.24) is 4.90 Å². The Hall–Kier alpha value is -1.55. The van der Waals surface area contributed by atoms with Gasteiger partial charge in [-0.1, -0.05) is 23.7 Å². The number of rotatable bonds is 4. The number of halogens is 1. The van der Waals surface area contributed by atoms with Crippen molar-refractivity contribution in [3.8, 4) is 12.1 Å². The van der Waals surface area contributed by atoms with Crippen molar-refractivity contribution in [2.24, 2.45) is 0 Å². The summed E-state index contributed by atoms with van der Waals surface area (Å²) in [5.41, 5.74) is 0.102. The van der Waals surface area contributed by atoms with E-state index in [2.05, 4.69) is 12.1 Å². The highest BCUT2D eigenvalue weighted by molar-refractivity contribution is 6.30. The van der Waals surface area contributed by atoms with E-state index >= 15 is 0 Å². The van der Waals surface area contributed by atoms with E-state index in [1.54, 1.807) is 12.1 Å². The summed E-state index contributed by atoms with van der Waals surface area (Å²) in [6.45, 7) is 0. The maximum atomic E-state index is 9.46. The van der Waals surface area contributed by atoms with E-state index in [9.17, 15) is 5.26 Å². The second-order valence-electron chi connectivity index (χ2n) is 4.03. The van der Waals surface area contributed by atoms with Crippen LogP contribution in [0.1, 0.15) is 18.4 Å². The molecule has 1 rings (SSSR count). The minimum absolute atomic E-state index is 0.342. The Kier molecular flexibility index (Phi) is 4.52. The summed E-state index contributed by atoms with van der Waals surface area (Å²) < 4.78 is 0. The fourth-order valence-electron chi connectivity index (χ4n) is 1.81. The molecule has 4 heteroatoms. The molecule has 0 amide bonds. The topological polar surface area (TPSA) is 50.8 Å². The molecule has 0 aliphatic carbocycles. The van der Waals surface area contributed by atoms with E-state index in [0.717, 1.165) is 5.56 Å². The first kappa shape index (κ1) is 13.5. The van der Waals surface area contributed by atoms with Crippen molar-refractivity contribution in [2.45, 2.75) is 18.4 Å². The molecule has 0 N–H and O–H groups in total. The van der Waals surface area contributed by atoms with Gasteiger partial charge in [-0.05, 0) is 38.2 Å². The molecule has 17 heavy (non-hydrogen) atoms. The maximum absolute atomic E-state index is 9.46. The third kappa shape index (κ3) is 2.77. The zero-order valence-electron chi connectivity index (χ0n) is 9.94. The van der Waals surface area contributed by atoms with Crippen molar-refractivity contribution in [2.75, 3.05) is 14.1 Å². The van der Waals surface area contributed by atoms with Crippen LogP contribution in [-0.2, 0) is 5.54 Å². The third-order valence-electron chi connectivity index (χ3n) is 2.87. The van der Waals surface area contributed by atoms with Crippen LogP contribution in [-0.4, -0.2) is 19.0 Å². The normalized spacial score (nSPS) is 13.8. The van der Waals surface area contributed by atoms with E-state index in [4.69, 9.17) is 16.9 Å². The molecular formula is C13H14ClN3. The summed E-state index contributed by atoms with van der Waals surface area (Å²) in [4.78, 5) is 1.84. The summed E-state index contributed by atoms with van der Waals surface area (Å²) >= 11 is 5.84. The summed E-state index contributed by atoms with van der Waals surface area (Å²) in [7, 11) is 3.68. The maximum Gasteiger partial charge on any atom is 0.135 e. The van der Waals surface area contributed by atoms with E-state index in [1.165, 1.54) is 0 Å². The monoisotopic (exact) mass is 247 g/mol. The molecule has 0 aromatic heterocycles. The molecule has 3 nitrogen and oxygen atoms in total. The summed E-state index contributed by atoms with van der Waals surface area (Å²) in [5, 5.41) is 18.8. The van der Waals surface area contributed by atoms with Crippen molar-refractivity contribution in [1.29, 1.82) is 10.5 Å². The predicted octanol–water partition coefficient (Wildman–Crippen LogP) is 2.92. The quantitative estimate of drug-likeness (QED) is 0.822. The number of nitriles is 2. The van der Waals surface area contributed by atoms with Gasteiger partial charge in [-0.25, -0.2) is 0 Å². The first-order valence-electron chi connectivity index (χ1n) is 5.28. The van der Waals surface area contributed by atoms with Crippen molar-refractivity contribution < 1.29 is 0 Å². The fraction of sp³-hybridized carbons (Fsp3) is 0.385. The molecule has 1 atom stereocenters. The molecule has 0 fully saturated rings. The second kappa shape index (κ2) is 5.68. The van der Waals surface area contributed by atoms with Crippen LogP contribution in [0.15, 0.2) is 24.3 Å². The lowest BCUT2D eigenvalue weighted by Crippen LogP contribution is -2.40. The van der Waals surface area contributed by atoms with Crippen LogP contribution < -0.4 is 0 Å². The lowest BCUT2D eigenvalue weighted by Gasteiger charge is -2.33. The Labute approximate surface area is 107 Å². The minimum Gasteiger partial charge on any atom is -0.288 e. The molecule has 1 unspecified atom stereocenters. The standard InChI is InChI=1S/C13H14ClN3/c1-17(2)13(10-16,8-3-9-15)11-4-6-12(14)7-5-11/h4-7H,3,8H2,1-2H3. The average Bonchev–Trinajstić information content (AvgIpc) is 2.32. The van der Waals surface area contributed by atoms with E-state index in [1.807, 2.05) is 31.1 Å². The highest BCUT2D eigenvalue weighted by Gasteiger charge is 2.34. The number of hydrogen-bond donors (Lipinski definition) is 0. The van der Waals surface area contributed by atoms with Gasteiger partial charge in [-0.15, -0.1) is 0 Å². The molecule has 0 bridgehead atoms. The summed E-state index contributed by atoms with van der Waals surface area (Å²) in [6, 6.07) is 11.6. The largest absolute Gasteiger partial charge is 0.288 e. The molecule has 0 saturated carbocycles. The molecular weight excluding hydrogens is 234 g/mol. The molecule has 0 radical (unpaired) electrons. The lowest BCUT2D eigenvalue weighted by molar-refractivity contribution is 0.205. The lowest BCUT2D eigenvalue weighted by atomic mass is 9.86. The van der Waals surface area contributed by atoms with E-state index in [-0.39, 0.29) is 0 Å². The molecule has 1 aromatic rings. The molecule has 0 heterocycles. The molecule has 0 saturated heterocycles. The van der Waals surface area contributed by atoms with Crippen molar-refractivity contribution in [3.05, 3.63) is 34.9 Å². The Morgan fingerprint density at radius 3 is 2.24 bits per heavy atom. The second-order valence-corrected chi connectivity index (χ2v) is 4.47. The Bertz CT molecular complexity index is 453. The van der Waals surface area contributed by atoms with Gasteiger partial charge in [-0.2, -0.15) is 10.5 Å². The molecule has 88 valence electrons. The zero-order chi connectivity index (χ0) is 12.9. The van der Waals surface area contributed by atoms with E-state index in [0.29, 0.717) is 17.9 Å². The van der Waals surface area contributed by atoms with Gasteiger partial charge in [0.25, 0.3) is 0 Å². The van der Waals surface area contributed by atoms with Gasteiger partial charge in [-0.3, -0.25) is 4.90 Å². The minimum atomic E-state index is -0.764. The Morgan fingerprint density at radius 2 is 1.82 bits per heavy atom. The summed E-state index contributed by atoms with van der Waals surface area (Å²) in [6.07, 6.45) is 0.822. The smallest absolute Gasteiger partial charge is 0.135 e. The first-order chi connectivity index (χ1) is 8.06. The number of nitrogens with zero attached hydrogens (tertiary/aromatic N) is 3. The van der Waals surface area contributed by atoms with Crippen LogP contribution in [0, 0.1) is 22.7 Å². The van der Waals surface area contributed by atoms with Crippen molar-refractivity contribution >= 4 is 11.6 Å². The van der Waals surface area contributed by atoms with Crippen LogP contribution in [0.2, 0.25) is 5.02 Å². The van der Waals surface area contributed by atoms with Gasteiger partial charge in [0.05, 0.1) is 12.1 Å². The van der Waals surface area contributed by atoms with Gasteiger partial charge < -0.3 is 0 Å². The van der Waals surface area contributed by atoms with Crippen molar-refractivity contribution in [3.63, 3.8) is 0 Å². The predicted molar refractivity (Wildman–Crippen MR) is 67.3 cm³/mol. The van der Waals surface area contributed by atoms with Crippen LogP contribution in [0.3, 0.4) is 0 Å². The average molecular weight is 248 g/mol. The van der Waals surface area contributed by atoms with Crippen LogP contribution >= 0.6 is 11.6 Å². The molecule has 0 aliphatic rings. The van der Waals surface area contributed by atoms with Gasteiger partial charge in [0.2, 0.25) is 0 Å². The zero-order valence-corrected chi connectivity index (χ0v) is 10.7. The van der Waals surface area contributed by atoms with Gasteiger partial charge in [0.15, 0.2) is 0 Å². The molecule has 0 spiro atoms. The van der Waals surface area contributed by atoms with Gasteiger partial charge in [0, 0.05) is 11.4 Å². The van der Waals surface area contributed by atoms with E-state index < -0.39 is 5.54 Å². The third-order valence-corrected chi connectivity index (χ3v) is 3.12.